The average molecular weight is 392 g/mol. The van der Waals surface area contributed by atoms with E-state index in [9.17, 15) is 13.2 Å². The number of nitrogens with zero attached hydrogens (tertiary/aromatic N) is 1. The molecule has 1 aliphatic heterocycles. The van der Waals surface area contributed by atoms with Crippen molar-refractivity contribution in [3.05, 3.63) is 64.7 Å². The molecule has 1 unspecified atom stereocenters. The van der Waals surface area contributed by atoms with Crippen LogP contribution in [0.5, 0.6) is 0 Å². The summed E-state index contributed by atoms with van der Waals surface area (Å²) < 4.78 is 26.4. The summed E-state index contributed by atoms with van der Waals surface area (Å²) in [5.74, 6) is 0.116. The predicted octanol–water partition coefficient (Wildman–Crippen LogP) is 2.65. The molecule has 1 atom stereocenters. The summed E-state index contributed by atoms with van der Waals surface area (Å²) in [6.45, 7) is 2.07. The molecule has 2 N–H and O–H groups in total. The number of fused-ring (bicyclic) bond motifs is 1. The minimum Gasteiger partial charge on any atom is -0.350 e. The third-order valence-electron chi connectivity index (χ3n) is 4.02. The third kappa shape index (κ3) is 4.05. The number of amidine groups is 1. The summed E-state index contributed by atoms with van der Waals surface area (Å²) in [7, 11) is -3.56. The fourth-order valence-corrected chi connectivity index (χ4v) is 4.05. The van der Waals surface area contributed by atoms with E-state index in [-0.39, 0.29) is 35.6 Å². The van der Waals surface area contributed by atoms with Gasteiger partial charge in [-0.3, -0.25) is 14.5 Å². The first-order valence-electron chi connectivity index (χ1n) is 8.08. The lowest BCUT2D eigenvalue weighted by molar-refractivity contribution is -0.121. The molecule has 26 heavy (non-hydrogen) atoms. The number of nitrogens with one attached hydrogen (secondary N) is 2. The van der Waals surface area contributed by atoms with Crippen LogP contribution in [0.2, 0.25) is 5.02 Å². The van der Waals surface area contributed by atoms with E-state index in [1.54, 1.807) is 30.3 Å². The van der Waals surface area contributed by atoms with E-state index in [1.165, 1.54) is 6.07 Å². The molecule has 1 aliphatic rings. The summed E-state index contributed by atoms with van der Waals surface area (Å²) in [5, 5.41) is 3.53. The molecule has 0 bridgehead atoms. The predicted molar refractivity (Wildman–Crippen MR) is 101 cm³/mol. The summed E-state index contributed by atoms with van der Waals surface area (Å²) in [6, 6.07) is 13.7. The van der Waals surface area contributed by atoms with Crippen molar-refractivity contribution in [1.82, 2.24) is 10.0 Å². The molecule has 0 aliphatic carbocycles. The largest absolute Gasteiger partial charge is 0.350 e. The van der Waals surface area contributed by atoms with Crippen molar-refractivity contribution < 1.29 is 13.2 Å². The lowest BCUT2D eigenvalue weighted by Crippen LogP contribution is -2.27. The molecule has 8 heteroatoms. The first-order valence-corrected chi connectivity index (χ1v) is 9.94. The van der Waals surface area contributed by atoms with E-state index in [0.29, 0.717) is 10.6 Å². The molecule has 2 aromatic carbocycles. The highest BCUT2D eigenvalue weighted by molar-refractivity contribution is 7.90. The highest BCUT2D eigenvalue weighted by atomic mass is 35.5. The van der Waals surface area contributed by atoms with Gasteiger partial charge in [0.05, 0.1) is 17.5 Å². The number of aliphatic imine (C=N–C) groups is 1. The summed E-state index contributed by atoms with van der Waals surface area (Å²) in [6.07, 6.45) is 0.158. The van der Waals surface area contributed by atoms with E-state index < -0.39 is 10.0 Å². The SMILES string of the molecule is CC(NC(=O)CCN=C1NS(=O)(=O)c2ccccc21)c1ccc(Cl)cc1. The number of carbonyl (C=O) groups is 1. The molecule has 0 saturated heterocycles. The highest BCUT2D eigenvalue weighted by Crippen LogP contribution is 2.22. The number of carbonyl (C=O) groups excluding carboxylic acids is 1. The smallest absolute Gasteiger partial charge is 0.263 e. The van der Waals surface area contributed by atoms with Crippen molar-refractivity contribution >= 4 is 33.4 Å². The Kier molecular flexibility index (Phi) is 5.29. The first kappa shape index (κ1) is 18.4. The van der Waals surface area contributed by atoms with Crippen LogP contribution < -0.4 is 10.0 Å². The second-order valence-corrected chi connectivity index (χ2v) is 8.01. The molecule has 136 valence electrons. The molecule has 1 amide bonds. The molecule has 6 nitrogen and oxygen atoms in total. The standard InChI is InChI=1S/C18H18ClN3O3S/c1-12(13-6-8-14(19)9-7-13)21-17(23)10-11-20-18-15-4-2-3-5-16(15)26(24,25)22-18/h2-9,12H,10-11H2,1H3,(H,20,22)(H,21,23). The van der Waals surface area contributed by atoms with Gasteiger partial charge in [0.1, 0.15) is 5.84 Å². The van der Waals surface area contributed by atoms with Crippen LogP contribution in [0.3, 0.4) is 0 Å². The maximum atomic E-state index is 12.1. The normalized spacial score (nSPS) is 17.4. The van der Waals surface area contributed by atoms with Crippen LogP contribution in [0.4, 0.5) is 0 Å². The van der Waals surface area contributed by atoms with Gasteiger partial charge in [0, 0.05) is 17.0 Å². The van der Waals surface area contributed by atoms with Gasteiger partial charge < -0.3 is 5.32 Å². The van der Waals surface area contributed by atoms with Gasteiger partial charge in [-0.05, 0) is 36.8 Å². The Morgan fingerprint density at radius 1 is 1.19 bits per heavy atom. The van der Waals surface area contributed by atoms with Gasteiger partial charge in [0.25, 0.3) is 10.0 Å². The van der Waals surface area contributed by atoms with Gasteiger partial charge in [0.2, 0.25) is 5.91 Å². The molecule has 0 radical (unpaired) electrons. The zero-order valence-electron chi connectivity index (χ0n) is 14.1. The summed E-state index contributed by atoms with van der Waals surface area (Å²) in [5.41, 5.74) is 1.48. The molecular weight excluding hydrogens is 374 g/mol. The molecule has 2 aromatic rings. The van der Waals surface area contributed by atoms with E-state index in [2.05, 4.69) is 15.0 Å². The molecule has 1 heterocycles. The van der Waals surface area contributed by atoms with Gasteiger partial charge in [-0.15, -0.1) is 0 Å². The van der Waals surface area contributed by atoms with Gasteiger partial charge >= 0.3 is 0 Å². The Morgan fingerprint density at radius 3 is 2.62 bits per heavy atom. The van der Waals surface area contributed by atoms with E-state index >= 15 is 0 Å². The monoisotopic (exact) mass is 391 g/mol. The fraction of sp³-hybridized carbons (Fsp3) is 0.222. The Hall–Kier alpha value is -2.38. The minimum atomic E-state index is -3.56. The lowest BCUT2D eigenvalue weighted by atomic mass is 10.1. The molecule has 0 fully saturated rings. The lowest BCUT2D eigenvalue weighted by Gasteiger charge is -2.14. The van der Waals surface area contributed by atoms with Gasteiger partial charge in [-0.25, -0.2) is 8.42 Å². The van der Waals surface area contributed by atoms with Crippen molar-refractivity contribution in [3.8, 4) is 0 Å². The van der Waals surface area contributed by atoms with Crippen LogP contribution in [-0.2, 0) is 14.8 Å². The highest BCUT2D eigenvalue weighted by Gasteiger charge is 2.29. The van der Waals surface area contributed by atoms with Crippen LogP contribution in [0.1, 0.15) is 30.5 Å². The zero-order chi connectivity index (χ0) is 18.7. The number of sulfonamides is 1. The van der Waals surface area contributed by atoms with Gasteiger partial charge in [-0.2, -0.15) is 0 Å². The van der Waals surface area contributed by atoms with Crippen molar-refractivity contribution in [1.29, 1.82) is 0 Å². The van der Waals surface area contributed by atoms with Crippen molar-refractivity contribution in [2.45, 2.75) is 24.3 Å². The van der Waals surface area contributed by atoms with Crippen LogP contribution in [0, 0.1) is 0 Å². The van der Waals surface area contributed by atoms with Gasteiger partial charge in [-0.1, -0.05) is 35.9 Å². The number of halogens is 1. The van der Waals surface area contributed by atoms with Crippen molar-refractivity contribution in [2.24, 2.45) is 4.99 Å². The van der Waals surface area contributed by atoms with Crippen LogP contribution in [0.25, 0.3) is 0 Å². The molecule has 0 aromatic heterocycles. The van der Waals surface area contributed by atoms with Crippen LogP contribution >= 0.6 is 11.6 Å². The molecule has 0 saturated carbocycles. The average Bonchev–Trinajstić information content (AvgIpc) is 2.86. The maximum Gasteiger partial charge on any atom is 0.263 e. The zero-order valence-corrected chi connectivity index (χ0v) is 15.6. The first-order chi connectivity index (χ1) is 12.4. The van der Waals surface area contributed by atoms with E-state index in [1.807, 2.05) is 19.1 Å². The quantitative estimate of drug-likeness (QED) is 0.821. The number of amides is 1. The second kappa shape index (κ2) is 7.47. The van der Waals surface area contributed by atoms with Gasteiger partial charge in [0.15, 0.2) is 0 Å². The van der Waals surface area contributed by atoms with Crippen molar-refractivity contribution in [2.75, 3.05) is 6.54 Å². The van der Waals surface area contributed by atoms with Crippen LogP contribution in [-0.4, -0.2) is 26.7 Å². The Morgan fingerprint density at radius 2 is 1.88 bits per heavy atom. The Labute approximate surface area is 157 Å². The van der Waals surface area contributed by atoms with Crippen molar-refractivity contribution in [3.63, 3.8) is 0 Å². The number of hydrogen-bond acceptors (Lipinski definition) is 4. The Balaban J connectivity index is 1.59. The summed E-state index contributed by atoms with van der Waals surface area (Å²) >= 11 is 5.86. The maximum absolute atomic E-state index is 12.1. The number of benzene rings is 2. The fourth-order valence-electron chi connectivity index (χ4n) is 2.67. The molecule has 0 spiro atoms. The second-order valence-electron chi connectivity index (χ2n) is 5.92. The van der Waals surface area contributed by atoms with E-state index in [4.69, 9.17) is 11.6 Å². The molecule has 3 rings (SSSR count). The molecular formula is C18H18ClN3O3S. The third-order valence-corrected chi connectivity index (χ3v) is 5.67. The number of hydrogen-bond donors (Lipinski definition) is 2. The number of rotatable bonds is 5. The topological polar surface area (TPSA) is 87.6 Å². The van der Waals surface area contributed by atoms with Crippen LogP contribution in [0.15, 0.2) is 58.4 Å². The minimum absolute atomic E-state index is 0.155. The Bertz CT molecular complexity index is 956. The summed E-state index contributed by atoms with van der Waals surface area (Å²) in [4.78, 5) is 16.5. The van der Waals surface area contributed by atoms with E-state index in [0.717, 1.165) is 5.56 Å².